The fourth-order valence-corrected chi connectivity index (χ4v) is 1.55. The first kappa shape index (κ1) is 9.06. The summed E-state index contributed by atoms with van der Waals surface area (Å²) < 4.78 is 5.09. The van der Waals surface area contributed by atoms with Gasteiger partial charge in [-0.15, -0.1) is 0 Å². The molecular weight excluding hydrogens is 176 g/mol. The molecule has 0 saturated carbocycles. The van der Waals surface area contributed by atoms with Crippen LogP contribution < -0.4 is 15.0 Å². The second-order valence-electron chi connectivity index (χ2n) is 3.36. The molecule has 0 atom stereocenters. The molecule has 0 spiro atoms. The molecule has 2 N–H and O–H groups in total. The Hall–Kier alpha value is -1.51. The van der Waals surface area contributed by atoms with Gasteiger partial charge in [0.15, 0.2) is 0 Å². The average molecular weight is 191 g/mol. The minimum Gasteiger partial charge on any atom is -0.497 e. The molecule has 0 amide bonds. The highest BCUT2D eigenvalue weighted by atomic mass is 16.5. The lowest BCUT2D eigenvalue weighted by Crippen LogP contribution is -2.70. The second kappa shape index (κ2) is 4.13. The molecule has 0 saturated heterocycles. The van der Waals surface area contributed by atoms with Gasteiger partial charge in [0.1, 0.15) is 11.4 Å². The number of methoxy groups -OCH3 is 1. The molecule has 1 aliphatic heterocycles. The molecule has 3 heteroatoms. The number of nitrogens with one attached hydrogen (secondary N) is 2. The van der Waals surface area contributed by atoms with Crippen LogP contribution in [0.1, 0.15) is 12.8 Å². The first-order valence-corrected chi connectivity index (χ1v) is 4.89. The molecule has 1 aromatic carbocycles. The maximum atomic E-state index is 5.09. The van der Waals surface area contributed by atoms with Crippen molar-refractivity contribution in [2.75, 3.05) is 19.0 Å². The normalized spacial score (nSPS) is 15.1. The smallest absolute Gasteiger partial charge is 0.247 e. The topological polar surface area (TPSA) is 35.2 Å². The van der Waals surface area contributed by atoms with Gasteiger partial charge in [-0.3, -0.25) is 4.99 Å². The quantitative estimate of drug-likeness (QED) is 0.709. The molecule has 2 rings (SSSR count). The van der Waals surface area contributed by atoms with Gasteiger partial charge in [-0.05, 0) is 30.7 Å². The van der Waals surface area contributed by atoms with Crippen LogP contribution >= 0.6 is 0 Å². The first-order chi connectivity index (χ1) is 6.88. The number of hydrogen-bond acceptors (Lipinski definition) is 2. The fourth-order valence-electron chi connectivity index (χ4n) is 1.55. The fraction of sp³-hybridized carbons (Fsp3) is 0.364. The molecule has 0 bridgehead atoms. The third kappa shape index (κ3) is 2.05. The third-order valence-electron chi connectivity index (χ3n) is 2.33. The Labute approximate surface area is 83.8 Å². The minimum atomic E-state index is 0.889. The summed E-state index contributed by atoms with van der Waals surface area (Å²) in [6.45, 7) is 1.08. The SMILES string of the molecule is COc1ccc(NC2=[NH+]CCC2)cc1. The number of anilines is 1. The highest BCUT2D eigenvalue weighted by molar-refractivity contribution is 5.91. The Balaban J connectivity index is 2.02. The molecular formula is C11H15N2O+. The Kier molecular flexibility index (Phi) is 2.68. The standard InChI is InChI=1S/C11H14N2O/c1-14-10-6-4-9(5-7-10)13-11-3-2-8-12-11/h4-7H,2-3,8H2,1H3,(H,12,13)/p+1. The summed E-state index contributed by atoms with van der Waals surface area (Å²) in [5, 5.41) is 3.34. The van der Waals surface area contributed by atoms with Crippen molar-refractivity contribution in [3.05, 3.63) is 24.3 Å². The summed E-state index contributed by atoms with van der Waals surface area (Å²) in [5.74, 6) is 2.11. The van der Waals surface area contributed by atoms with Crippen LogP contribution in [0.15, 0.2) is 24.3 Å². The Morgan fingerprint density at radius 2 is 2.07 bits per heavy atom. The summed E-state index contributed by atoms with van der Waals surface area (Å²) in [6, 6.07) is 7.95. The number of ether oxygens (including phenoxy) is 1. The molecule has 1 heterocycles. The zero-order valence-electron chi connectivity index (χ0n) is 8.34. The van der Waals surface area contributed by atoms with Crippen LogP contribution in [-0.2, 0) is 0 Å². The van der Waals surface area contributed by atoms with E-state index in [4.69, 9.17) is 4.74 Å². The van der Waals surface area contributed by atoms with Crippen molar-refractivity contribution in [1.29, 1.82) is 0 Å². The summed E-state index contributed by atoms with van der Waals surface area (Å²) in [7, 11) is 1.68. The predicted octanol–water partition coefficient (Wildman–Crippen LogP) is 0.380. The van der Waals surface area contributed by atoms with Gasteiger partial charge in [-0.2, -0.15) is 0 Å². The van der Waals surface area contributed by atoms with Crippen LogP contribution in [0.3, 0.4) is 0 Å². The summed E-state index contributed by atoms with van der Waals surface area (Å²) >= 11 is 0. The zero-order valence-corrected chi connectivity index (χ0v) is 8.34. The summed E-state index contributed by atoms with van der Waals surface area (Å²) in [4.78, 5) is 3.31. The van der Waals surface area contributed by atoms with E-state index in [2.05, 4.69) is 10.3 Å². The van der Waals surface area contributed by atoms with E-state index in [0.29, 0.717) is 0 Å². The van der Waals surface area contributed by atoms with Crippen molar-refractivity contribution in [3.63, 3.8) is 0 Å². The maximum absolute atomic E-state index is 5.09. The van der Waals surface area contributed by atoms with Gasteiger partial charge in [0.05, 0.1) is 20.1 Å². The molecule has 0 aliphatic carbocycles. The van der Waals surface area contributed by atoms with Crippen molar-refractivity contribution in [1.82, 2.24) is 0 Å². The van der Waals surface area contributed by atoms with Gasteiger partial charge in [-0.25, -0.2) is 5.32 Å². The molecule has 0 unspecified atom stereocenters. The summed E-state index contributed by atoms with van der Waals surface area (Å²) in [6.07, 6.45) is 2.34. The van der Waals surface area contributed by atoms with E-state index in [0.717, 1.165) is 24.4 Å². The van der Waals surface area contributed by atoms with E-state index in [9.17, 15) is 0 Å². The van der Waals surface area contributed by atoms with Crippen LogP contribution in [0.4, 0.5) is 5.69 Å². The van der Waals surface area contributed by atoms with E-state index >= 15 is 0 Å². The van der Waals surface area contributed by atoms with Gasteiger partial charge in [-0.1, -0.05) is 0 Å². The highest BCUT2D eigenvalue weighted by Crippen LogP contribution is 2.15. The Bertz CT molecular complexity index is 330. The molecule has 14 heavy (non-hydrogen) atoms. The third-order valence-corrected chi connectivity index (χ3v) is 2.33. The predicted molar refractivity (Wildman–Crippen MR) is 56.7 cm³/mol. The number of amidine groups is 1. The van der Waals surface area contributed by atoms with Crippen LogP contribution in [0.25, 0.3) is 0 Å². The van der Waals surface area contributed by atoms with Crippen LogP contribution in [-0.4, -0.2) is 19.5 Å². The van der Waals surface area contributed by atoms with E-state index < -0.39 is 0 Å². The zero-order chi connectivity index (χ0) is 9.80. The molecule has 1 aromatic rings. The lowest BCUT2D eigenvalue weighted by molar-refractivity contribution is -0.447. The number of hydrogen-bond donors (Lipinski definition) is 2. The van der Waals surface area contributed by atoms with Gasteiger partial charge in [0, 0.05) is 0 Å². The Morgan fingerprint density at radius 3 is 2.64 bits per heavy atom. The Morgan fingerprint density at radius 1 is 1.29 bits per heavy atom. The largest absolute Gasteiger partial charge is 0.497 e. The second-order valence-corrected chi connectivity index (χ2v) is 3.36. The lowest BCUT2D eigenvalue weighted by Gasteiger charge is -2.00. The van der Waals surface area contributed by atoms with Gasteiger partial charge >= 0.3 is 0 Å². The van der Waals surface area contributed by atoms with E-state index in [1.807, 2.05) is 24.3 Å². The van der Waals surface area contributed by atoms with E-state index in [1.165, 1.54) is 12.3 Å². The van der Waals surface area contributed by atoms with Crippen molar-refractivity contribution >= 4 is 11.5 Å². The van der Waals surface area contributed by atoms with Crippen LogP contribution in [0, 0.1) is 0 Å². The van der Waals surface area contributed by atoms with Crippen molar-refractivity contribution in [3.8, 4) is 5.75 Å². The van der Waals surface area contributed by atoms with Crippen LogP contribution in [0.2, 0.25) is 0 Å². The van der Waals surface area contributed by atoms with Crippen molar-refractivity contribution in [2.24, 2.45) is 0 Å². The first-order valence-electron chi connectivity index (χ1n) is 4.89. The highest BCUT2D eigenvalue weighted by Gasteiger charge is 2.12. The minimum absolute atomic E-state index is 0.889. The van der Waals surface area contributed by atoms with Crippen molar-refractivity contribution in [2.45, 2.75) is 12.8 Å². The lowest BCUT2D eigenvalue weighted by atomic mass is 10.3. The summed E-state index contributed by atoms with van der Waals surface area (Å²) in [5.41, 5.74) is 1.11. The molecule has 3 nitrogen and oxygen atoms in total. The average Bonchev–Trinajstić information content (AvgIpc) is 2.72. The maximum Gasteiger partial charge on any atom is 0.247 e. The monoisotopic (exact) mass is 191 g/mol. The van der Waals surface area contributed by atoms with Crippen LogP contribution in [0.5, 0.6) is 5.75 Å². The van der Waals surface area contributed by atoms with Gasteiger partial charge < -0.3 is 4.74 Å². The van der Waals surface area contributed by atoms with E-state index in [-0.39, 0.29) is 0 Å². The molecule has 0 aromatic heterocycles. The number of rotatable bonds is 2. The van der Waals surface area contributed by atoms with E-state index in [1.54, 1.807) is 7.11 Å². The molecule has 0 radical (unpaired) electrons. The van der Waals surface area contributed by atoms with Gasteiger partial charge in [0.25, 0.3) is 0 Å². The van der Waals surface area contributed by atoms with Gasteiger partial charge in [0.2, 0.25) is 5.84 Å². The molecule has 74 valence electrons. The number of benzene rings is 1. The van der Waals surface area contributed by atoms with Crippen molar-refractivity contribution < 1.29 is 9.73 Å². The molecule has 0 fully saturated rings. The molecule has 1 aliphatic rings.